The van der Waals surface area contributed by atoms with E-state index < -0.39 is 24.6 Å². The molecule has 0 bridgehead atoms. The molecule has 27 heavy (non-hydrogen) atoms. The number of rotatable bonds is 6. The Kier molecular flexibility index (Phi) is 5.85. The SMILES string of the molecule is Cc1ccc(Nc2sc3c(c2C(=O)NO[C@@H](O)CO)CCCC3=O)c(F)c1. The summed E-state index contributed by atoms with van der Waals surface area (Å²) in [7, 11) is 0. The highest BCUT2D eigenvalue weighted by molar-refractivity contribution is 7.18. The van der Waals surface area contributed by atoms with Crippen LogP contribution in [0.1, 0.15) is 44.0 Å². The van der Waals surface area contributed by atoms with Gasteiger partial charge >= 0.3 is 0 Å². The Bertz CT molecular complexity index is 883. The fraction of sp³-hybridized carbons (Fsp3) is 0.333. The van der Waals surface area contributed by atoms with E-state index >= 15 is 0 Å². The van der Waals surface area contributed by atoms with Gasteiger partial charge in [-0.25, -0.2) is 14.7 Å². The number of aliphatic hydroxyl groups excluding tert-OH is 2. The second-order valence-electron chi connectivity index (χ2n) is 6.19. The molecule has 0 unspecified atom stereocenters. The average molecular weight is 394 g/mol. The van der Waals surface area contributed by atoms with Crippen LogP contribution in [0.2, 0.25) is 0 Å². The summed E-state index contributed by atoms with van der Waals surface area (Å²) in [5.41, 5.74) is 3.74. The highest BCUT2D eigenvalue weighted by Crippen LogP contribution is 2.39. The standard InChI is InChI=1S/C18H19FN2O5S/c1-9-5-6-12(11(19)7-9)20-18-15(17(25)21-26-14(24)8-22)10-3-2-4-13(23)16(10)27-18/h5-7,14,20,22,24H,2-4,8H2,1H3,(H,21,25)/t14-/m1/s1. The number of nitrogens with one attached hydrogen (secondary N) is 2. The summed E-state index contributed by atoms with van der Waals surface area (Å²) in [6.45, 7) is 1.07. The van der Waals surface area contributed by atoms with E-state index in [1.807, 2.05) is 0 Å². The van der Waals surface area contributed by atoms with Crippen molar-refractivity contribution in [3.05, 3.63) is 45.6 Å². The number of aryl methyl sites for hydroxylation is 1. The molecule has 0 fully saturated rings. The largest absolute Gasteiger partial charge is 0.391 e. The number of halogens is 1. The Morgan fingerprint density at radius 1 is 1.41 bits per heavy atom. The molecule has 0 saturated carbocycles. The molecule has 0 radical (unpaired) electrons. The van der Waals surface area contributed by atoms with Gasteiger partial charge in [0, 0.05) is 6.42 Å². The zero-order chi connectivity index (χ0) is 19.6. The second-order valence-corrected chi connectivity index (χ2v) is 7.21. The van der Waals surface area contributed by atoms with Crippen molar-refractivity contribution in [2.24, 2.45) is 0 Å². The Balaban J connectivity index is 1.97. The third-order valence-corrected chi connectivity index (χ3v) is 5.32. The Hall–Kier alpha value is -2.33. The highest BCUT2D eigenvalue weighted by atomic mass is 32.1. The summed E-state index contributed by atoms with van der Waals surface area (Å²) >= 11 is 1.09. The molecule has 1 atom stereocenters. The third kappa shape index (κ3) is 4.16. The van der Waals surface area contributed by atoms with E-state index in [2.05, 4.69) is 15.6 Å². The van der Waals surface area contributed by atoms with E-state index in [-0.39, 0.29) is 17.0 Å². The number of aliphatic hydroxyl groups is 2. The van der Waals surface area contributed by atoms with Gasteiger partial charge in [-0.15, -0.1) is 11.3 Å². The van der Waals surface area contributed by atoms with E-state index in [9.17, 15) is 19.1 Å². The number of anilines is 2. The second kappa shape index (κ2) is 8.13. The lowest BCUT2D eigenvalue weighted by atomic mass is 9.94. The fourth-order valence-corrected chi connectivity index (χ4v) is 4.08. The van der Waals surface area contributed by atoms with E-state index in [0.717, 1.165) is 16.9 Å². The van der Waals surface area contributed by atoms with Crippen LogP contribution in [0.4, 0.5) is 15.1 Å². The number of hydrogen-bond acceptors (Lipinski definition) is 7. The summed E-state index contributed by atoms with van der Waals surface area (Å²) in [4.78, 5) is 29.9. The molecule has 0 aliphatic heterocycles. The van der Waals surface area contributed by atoms with Crippen molar-refractivity contribution in [1.29, 1.82) is 0 Å². The summed E-state index contributed by atoms with van der Waals surface area (Å²) in [6.07, 6.45) is -0.0366. The lowest BCUT2D eigenvalue weighted by molar-refractivity contribution is -0.154. The molecule has 1 aliphatic rings. The molecule has 0 saturated heterocycles. The van der Waals surface area contributed by atoms with Gasteiger partial charge in [0.2, 0.25) is 6.29 Å². The normalized spacial score (nSPS) is 14.6. The fourth-order valence-electron chi connectivity index (χ4n) is 2.85. The number of thiophene rings is 1. The molecule has 1 aromatic heterocycles. The molecular formula is C18H19FN2O5S. The molecule has 1 amide bonds. The van der Waals surface area contributed by atoms with Gasteiger partial charge in [-0.2, -0.15) is 0 Å². The van der Waals surface area contributed by atoms with Crippen molar-refractivity contribution in [3.8, 4) is 0 Å². The molecular weight excluding hydrogens is 375 g/mol. The maximum atomic E-state index is 14.2. The van der Waals surface area contributed by atoms with E-state index in [1.54, 1.807) is 19.1 Å². The molecule has 1 heterocycles. The smallest absolute Gasteiger partial charge is 0.278 e. The Labute approximate surface area is 158 Å². The van der Waals surface area contributed by atoms with Crippen molar-refractivity contribution in [1.82, 2.24) is 5.48 Å². The molecule has 1 aromatic carbocycles. The van der Waals surface area contributed by atoms with Crippen molar-refractivity contribution < 1.29 is 29.0 Å². The van der Waals surface area contributed by atoms with Crippen molar-refractivity contribution >= 4 is 33.7 Å². The number of ketones is 1. The van der Waals surface area contributed by atoms with E-state index in [0.29, 0.717) is 34.7 Å². The first-order valence-electron chi connectivity index (χ1n) is 8.37. The summed E-state index contributed by atoms with van der Waals surface area (Å²) in [5.74, 6) is -1.24. The maximum Gasteiger partial charge on any atom is 0.278 e. The Morgan fingerprint density at radius 2 is 2.19 bits per heavy atom. The minimum atomic E-state index is -1.57. The van der Waals surface area contributed by atoms with Gasteiger partial charge in [0.05, 0.1) is 22.7 Å². The predicted octanol–water partition coefficient (Wildman–Crippen LogP) is 2.43. The third-order valence-electron chi connectivity index (χ3n) is 4.13. The minimum absolute atomic E-state index is 0.0657. The first-order valence-corrected chi connectivity index (χ1v) is 9.19. The molecule has 4 N–H and O–H groups in total. The number of amides is 1. The van der Waals surface area contributed by atoms with Crippen LogP contribution in [0.15, 0.2) is 18.2 Å². The van der Waals surface area contributed by atoms with Crippen molar-refractivity contribution in [2.75, 3.05) is 11.9 Å². The number of fused-ring (bicyclic) bond motifs is 1. The number of Topliss-reactive ketones (excluding diaryl/α,β-unsaturated/α-hetero) is 1. The average Bonchev–Trinajstić information content (AvgIpc) is 3.01. The van der Waals surface area contributed by atoms with Crippen LogP contribution >= 0.6 is 11.3 Å². The zero-order valence-electron chi connectivity index (χ0n) is 14.5. The van der Waals surface area contributed by atoms with Crippen LogP contribution < -0.4 is 10.8 Å². The van der Waals surface area contributed by atoms with Crippen LogP contribution in [0, 0.1) is 12.7 Å². The zero-order valence-corrected chi connectivity index (χ0v) is 15.4. The number of benzene rings is 1. The van der Waals surface area contributed by atoms with Gasteiger partial charge in [0.25, 0.3) is 5.91 Å². The summed E-state index contributed by atoms with van der Waals surface area (Å²) in [6, 6.07) is 4.64. The topological polar surface area (TPSA) is 108 Å². The van der Waals surface area contributed by atoms with Gasteiger partial charge in [-0.05, 0) is 43.0 Å². The molecule has 7 nitrogen and oxygen atoms in total. The van der Waals surface area contributed by atoms with E-state index in [1.165, 1.54) is 6.07 Å². The predicted molar refractivity (Wildman–Crippen MR) is 97.7 cm³/mol. The van der Waals surface area contributed by atoms with Gasteiger partial charge in [0.1, 0.15) is 10.8 Å². The number of hydroxylamine groups is 1. The quantitative estimate of drug-likeness (QED) is 0.443. The molecule has 0 spiro atoms. The molecule has 144 valence electrons. The first kappa shape index (κ1) is 19.4. The number of hydrogen-bond donors (Lipinski definition) is 4. The maximum absolute atomic E-state index is 14.2. The van der Waals surface area contributed by atoms with E-state index in [4.69, 9.17) is 5.11 Å². The van der Waals surface area contributed by atoms with Crippen LogP contribution in [0.5, 0.6) is 0 Å². The van der Waals surface area contributed by atoms with Gasteiger partial charge in [-0.3, -0.25) is 9.59 Å². The lowest BCUT2D eigenvalue weighted by Gasteiger charge is -2.14. The van der Waals surface area contributed by atoms with Crippen molar-refractivity contribution in [3.63, 3.8) is 0 Å². The monoisotopic (exact) mass is 394 g/mol. The van der Waals surface area contributed by atoms with Crippen LogP contribution in [0.25, 0.3) is 0 Å². The highest BCUT2D eigenvalue weighted by Gasteiger charge is 2.30. The number of carbonyl (C=O) groups is 2. The molecule has 3 rings (SSSR count). The van der Waals surface area contributed by atoms with Gasteiger partial charge < -0.3 is 15.5 Å². The first-order chi connectivity index (χ1) is 12.9. The molecule has 2 aromatic rings. The minimum Gasteiger partial charge on any atom is -0.391 e. The van der Waals surface area contributed by atoms with Gasteiger partial charge in [-0.1, -0.05) is 6.07 Å². The molecule has 1 aliphatic carbocycles. The van der Waals surface area contributed by atoms with Crippen LogP contribution in [0.3, 0.4) is 0 Å². The van der Waals surface area contributed by atoms with Crippen LogP contribution in [-0.4, -0.2) is 34.8 Å². The van der Waals surface area contributed by atoms with Crippen molar-refractivity contribution in [2.45, 2.75) is 32.5 Å². The van der Waals surface area contributed by atoms with Gasteiger partial charge in [0.15, 0.2) is 5.78 Å². The van der Waals surface area contributed by atoms with Crippen LogP contribution in [-0.2, 0) is 11.3 Å². The summed E-state index contributed by atoms with van der Waals surface area (Å²) < 4.78 is 14.2. The molecule has 9 heteroatoms. The number of carbonyl (C=O) groups excluding carboxylic acids is 2. The Morgan fingerprint density at radius 3 is 2.89 bits per heavy atom. The lowest BCUT2D eigenvalue weighted by Crippen LogP contribution is -2.32. The summed E-state index contributed by atoms with van der Waals surface area (Å²) in [5, 5.41) is 21.2.